The van der Waals surface area contributed by atoms with Gasteiger partial charge >= 0.3 is 5.97 Å². The largest absolute Gasteiger partial charge is 0.489 e. The Hall–Kier alpha value is -2.26. The van der Waals surface area contributed by atoms with Crippen molar-refractivity contribution >= 4 is 23.6 Å². The number of esters is 1. The summed E-state index contributed by atoms with van der Waals surface area (Å²) in [6.07, 6.45) is 2.98. The lowest BCUT2D eigenvalue weighted by atomic mass is 10.2. The standard InChI is InChI=1S/C18H17ClO3/c1-2-21-18(20)11-9-15-8-10-16(12-17(15)19)22-13-14-6-4-3-5-7-14/h3-12H,2,13H2,1H3. The number of carbonyl (C=O) groups is 1. The number of rotatable bonds is 6. The summed E-state index contributed by atoms with van der Waals surface area (Å²) in [5.74, 6) is 0.296. The van der Waals surface area contributed by atoms with Gasteiger partial charge in [-0.2, -0.15) is 0 Å². The molecule has 0 aliphatic rings. The van der Waals surface area contributed by atoms with Gasteiger partial charge in [0.25, 0.3) is 0 Å². The fraction of sp³-hybridized carbons (Fsp3) is 0.167. The van der Waals surface area contributed by atoms with Crippen LogP contribution in [-0.2, 0) is 16.1 Å². The van der Waals surface area contributed by atoms with E-state index in [1.54, 1.807) is 25.1 Å². The summed E-state index contributed by atoms with van der Waals surface area (Å²) in [5, 5.41) is 0.520. The van der Waals surface area contributed by atoms with Crippen molar-refractivity contribution in [1.82, 2.24) is 0 Å². The van der Waals surface area contributed by atoms with Crippen LogP contribution in [-0.4, -0.2) is 12.6 Å². The SMILES string of the molecule is CCOC(=O)C=Cc1ccc(OCc2ccccc2)cc1Cl. The maximum atomic E-state index is 11.3. The average molecular weight is 317 g/mol. The zero-order chi connectivity index (χ0) is 15.8. The normalized spacial score (nSPS) is 10.6. The first-order valence-corrected chi connectivity index (χ1v) is 7.38. The molecule has 0 heterocycles. The summed E-state index contributed by atoms with van der Waals surface area (Å²) in [5.41, 5.74) is 1.83. The molecule has 0 unspecified atom stereocenters. The number of ether oxygens (including phenoxy) is 2. The minimum Gasteiger partial charge on any atom is -0.489 e. The molecule has 22 heavy (non-hydrogen) atoms. The first kappa shape index (κ1) is 16.1. The fourth-order valence-corrected chi connectivity index (χ4v) is 2.06. The van der Waals surface area contributed by atoms with E-state index < -0.39 is 0 Å². The van der Waals surface area contributed by atoms with E-state index in [1.807, 2.05) is 36.4 Å². The van der Waals surface area contributed by atoms with Crippen LogP contribution in [0.15, 0.2) is 54.6 Å². The van der Waals surface area contributed by atoms with Crippen LogP contribution in [0, 0.1) is 0 Å². The molecule has 0 atom stereocenters. The first-order valence-electron chi connectivity index (χ1n) is 7.00. The van der Waals surface area contributed by atoms with Crippen molar-refractivity contribution in [2.75, 3.05) is 6.61 Å². The van der Waals surface area contributed by atoms with E-state index in [0.717, 1.165) is 11.1 Å². The summed E-state index contributed by atoms with van der Waals surface area (Å²) >= 11 is 6.19. The average Bonchev–Trinajstić information content (AvgIpc) is 2.53. The van der Waals surface area contributed by atoms with Crippen LogP contribution in [0.1, 0.15) is 18.1 Å². The molecule has 0 aromatic heterocycles. The van der Waals surface area contributed by atoms with Gasteiger partial charge in [0.15, 0.2) is 0 Å². The van der Waals surface area contributed by atoms with Crippen molar-refractivity contribution in [2.24, 2.45) is 0 Å². The number of carbonyl (C=O) groups excluding carboxylic acids is 1. The van der Waals surface area contributed by atoms with Crippen molar-refractivity contribution in [3.8, 4) is 5.75 Å². The molecule has 114 valence electrons. The molecule has 2 aromatic rings. The number of hydrogen-bond acceptors (Lipinski definition) is 3. The van der Waals surface area contributed by atoms with Gasteiger partial charge in [-0.1, -0.05) is 41.9 Å². The Morgan fingerprint density at radius 2 is 1.95 bits per heavy atom. The molecule has 0 amide bonds. The summed E-state index contributed by atoms with van der Waals surface area (Å²) in [4.78, 5) is 11.3. The van der Waals surface area contributed by atoms with Gasteiger partial charge in [0.05, 0.1) is 11.6 Å². The lowest BCUT2D eigenvalue weighted by Crippen LogP contribution is -1.98. The van der Waals surface area contributed by atoms with Crippen molar-refractivity contribution < 1.29 is 14.3 Å². The fourth-order valence-electron chi connectivity index (χ4n) is 1.82. The molecule has 0 bridgehead atoms. The molecule has 0 fully saturated rings. The summed E-state index contributed by atoms with van der Waals surface area (Å²) in [6.45, 7) is 2.59. The quantitative estimate of drug-likeness (QED) is 0.581. The third-order valence-corrected chi connectivity index (χ3v) is 3.23. The highest BCUT2D eigenvalue weighted by Gasteiger charge is 2.02. The van der Waals surface area contributed by atoms with E-state index in [2.05, 4.69) is 0 Å². The summed E-state index contributed by atoms with van der Waals surface area (Å²) in [6, 6.07) is 15.2. The zero-order valence-electron chi connectivity index (χ0n) is 12.3. The van der Waals surface area contributed by atoms with Gasteiger partial charge in [0.1, 0.15) is 12.4 Å². The third kappa shape index (κ3) is 4.93. The molecule has 0 spiro atoms. The molecular weight excluding hydrogens is 300 g/mol. The van der Waals surface area contributed by atoms with Gasteiger partial charge in [-0.15, -0.1) is 0 Å². The molecule has 4 heteroatoms. The van der Waals surface area contributed by atoms with Crippen molar-refractivity contribution in [3.05, 3.63) is 70.8 Å². The molecule has 2 rings (SSSR count). The lowest BCUT2D eigenvalue weighted by molar-refractivity contribution is -0.137. The number of benzene rings is 2. The predicted octanol–water partition coefficient (Wildman–Crippen LogP) is 4.50. The van der Waals surface area contributed by atoms with E-state index in [-0.39, 0.29) is 5.97 Å². The Balaban J connectivity index is 1.98. The molecule has 0 saturated carbocycles. The summed E-state index contributed by atoms with van der Waals surface area (Å²) < 4.78 is 10.5. The Kier molecular flexibility index (Phi) is 6.04. The van der Waals surface area contributed by atoms with Crippen molar-refractivity contribution in [1.29, 1.82) is 0 Å². The highest BCUT2D eigenvalue weighted by molar-refractivity contribution is 6.32. The Bertz CT molecular complexity index is 651. The van der Waals surface area contributed by atoms with Crippen LogP contribution in [0.5, 0.6) is 5.75 Å². The zero-order valence-corrected chi connectivity index (χ0v) is 13.0. The van der Waals surface area contributed by atoms with E-state index in [0.29, 0.717) is 24.0 Å². The maximum absolute atomic E-state index is 11.3. The molecule has 0 aliphatic heterocycles. The maximum Gasteiger partial charge on any atom is 0.330 e. The smallest absolute Gasteiger partial charge is 0.330 e. The second-order valence-corrected chi connectivity index (χ2v) is 4.95. The van der Waals surface area contributed by atoms with E-state index in [4.69, 9.17) is 21.1 Å². The van der Waals surface area contributed by atoms with Gasteiger partial charge in [0, 0.05) is 6.08 Å². The molecule has 2 aromatic carbocycles. The Labute approximate surface area is 135 Å². The van der Waals surface area contributed by atoms with Gasteiger partial charge in [-0.3, -0.25) is 0 Å². The lowest BCUT2D eigenvalue weighted by Gasteiger charge is -2.07. The van der Waals surface area contributed by atoms with Crippen LogP contribution < -0.4 is 4.74 Å². The van der Waals surface area contributed by atoms with E-state index >= 15 is 0 Å². The van der Waals surface area contributed by atoms with Crippen LogP contribution in [0.4, 0.5) is 0 Å². The Morgan fingerprint density at radius 3 is 2.64 bits per heavy atom. The molecular formula is C18H17ClO3. The van der Waals surface area contributed by atoms with E-state index in [9.17, 15) is 4.79 Å². The van der Waals surface area contributed by atoms with Crippen LogP contribution >= 0.6 is 11.6 Å². The minimum atomic E-state index is -0.386. The molecule has 0 saturated heterocycles. The van der Waals surface area contributed by atoms with Crippen LogP contribution in [0.25, 0.3) is 6.08 Å². The summed E-state index contributed by atoms with van der Waals surface area (Å²) in [7, 11) is 0. The third-order valence-electron chi connectivity index (χ3n) is 2.91. The first-order chi connectivity index (χ1) is 10.7. The van der Waals surface area contributed by atoms with Crippen LogP contribution in [0.2, 0.25) is 5.02 Å². The number of hydrogen-bond donors (Lipinski definition) is 0. The highest BCUT2D eigenvalue weighted by atomic mass is 35.5. The molecule has 0 radical (unpaired) electrons. The molecule has 3 nitrogen and oxygen atoms in total. The Morgan fingerprint density at radius 1 is 1.18 bits per heavy atom. The monoisotopic (exact) mass is 316 g/mol. The topological polar surface area (TPSA) is 35.5 Å². The minimum absolute atomic E-state index is 0.350. The second kappa shape index (κ2) is 8.25. The second-order valence-electron chi connectivity index (χ2n) is 4.54. The van der Waals surface area contributed by atoms with Gasteiger partial charge in [-0.25, -0.2) is 4.79 Å². The van der Waals surface area contributed by atoms with E-state index in [1.165, 1.54) is 6.08 Å². The predicted molar refractivity (Wildman–Crippen MR) is 87.9 cm³/mol. The highest BCUT2D eigenvalue weighted by Crippen LogP contribution is 2.24. The van der Waals surface area contributed by atoms with Crippen LogP contribution in [0.3, 0.4) is 0 Å². The molecule has 0 aliphatic carbocycles. The molecule has 0 N–H and O–H groups in total. The number of halogens is 1. The van der Waals surface area contributed by atoms with Crippen molar-refractivity contribution in [2.45, 2.75) is 13.5 Å². The van der Waals surface area contributed by atoms with Gasteiger partial charge < -0.3 is 9.47 Å². The van der Waals surface area contributed by atoms with Gasteiger partial charge in [-0.05, 0) is 42.3 Å². The van der Waals surface area contributed by atoms with Gasteiger partial charge in [0.2, 0.25) is 0 Å². The van der Waals surface area contributed by atoms with Crippen molar-refractivity contribution in [3.63, 3.8) is 0 Å².